The lowest BCUT2D eigenvalue weighted by Crippen LogP contribution is -2.30. The average molecular weight is 357 g/mol. The topological polar surface area (TPSA) is 89.6 Å². The minimum Gasteiger partial charge on any atom is -0.447 e. The Morgan fingerprint density at radius 3 is 2.42 bits per heavy atom. The lowest BCUT2D eigenvalue weighted by atomic mass is 10.1. The van der Waals surface area contributed by atoms with Gasteiger partial charge in [0.1, 0.15) is 12.7 Å². The van der Waals surface area contributed by atoms with Crippen molar-refractivity contribution in [3.05, 3.63) is 16.6 Å². The van der Waals surface area contributed by atoms with E-state index in [0.29, 0.717) is 19.0 Å². The average Bonchev–Trinajstić information content (AvgIpc) is 3.01. The van der Waals surface area contributed by atoms with Crippen LogP contribution in [-0.4, -0.2) is 36.4 Å². The van der Waals surface area contributed by atoms with Gasteiger partial charge in [-0.25, -0.2) is 9.59 Å². The molecule has 0 aromatic carbocycles. The number of unbranched alkanes of at least 4 members (excludes halogenated alkanes) is 1. The molecule has 0 aliphatic heterocycles. The molecule has 136 valence electrons. The van der Waals surface area contributed by atoms with E-state index in [4.69, 9.17) is 9.47 Å². The van der Waals surface area contributed by atoms with Crippen molar-refractivity contribution in [3.8, 4) is 0 Å². The summed E-state index contributed by atoms with van der Waals surface area (Å²) < 4.78 is 10.3. The smallest absolute Gasteiger partial charge is 0.407 e. The molecule has 1 rings (SSSR count). The second-order valence-corrected chi connectivity index (χ2v) is 6.92. The molecule has 1 aromatic rings. The second-order valence-electron chi connectivity index (χ2n) is 5.95. The van der Waals surface area contributed by atoms with Crippen LogP contribution in [0.25, 0.3) is 0 Å². The van der Waals surface area contributed by atoms with Crippen molar-refractivity contribution in [1.82, 2.24) is 15.6 Å². The molecule has 0 saturated heterocycles. The van der Waals surface area contributed by atoms with Crippen LogP contribution in [0.3, 0.4) is 0 Å². The predicted octanol–water partition coefficient (Wildman–Crippen LogP) is 3.31. The van der Waals surface area contributed by atoms with Crippen LogP contribution in [0.1, 0.15) is 44.9 Å². The first-order valence-electron chi connectivity index (χ1n) is 8.19. The minimum absolute atomic E-state index is 0.0833. The van der Waals surface area contributed by atoms with Gasteiger partial charge in [0.2, 0.25) is 0 Å². The fraction of sp³-hybridized carbons (Fsp3) is 0.688. The number of carbonyl (C=O) groups is 2. The number of hydrogen-bond donors (Lipinski definition) is 2. The number of carbonyl (C=O) groups excluding carboxylic acids is 2. The first-order chi connectivity index (χ1) is 11.5. The maximum atomic E-state index is 11.5. The Morgan fingerprint density at radius 1 is 1.17 bits per heavy atom. The standard InChI is InChI=1S/C16H27N3O4S/c1-12(2)8-13(3)23-16(21)19-7-5-4-6-18-15(20)22-10-14-9-17-11-24-14/h9,11-13H,4-8,10H2,1-3H3,(H,18,20)(H,19,21). The Hall–Kier alpha value is -1.83. The zero-order valence-corrected chi connectivity index (χ0v) is 15.4. The predicted molar refractivity (Wildman–Crippen MR) is 92.9 cm³/mol. The molecule has 24 heavy (non-hydrogen) atoms. The van der Waals surface area contributed by atoms with Crippen LogP contribution in [-0.2, 0) is 16.1 Å². The third-order valence-electron chi connectivity index (χ3n) is 3.08. The van der Waals surface area contributed by atoms with Crippen LogP contribution < -0.4 is 10.6 Å². The highest BCUT2D eigenvalue weighted by Gasteiger charge is 2.10. The highest BCUT2D eigenvalue weighted by atomic mass is 32.1. The van der Waals surface area contributed by atoms with Crippen LogP contribution in [0.4, 0.5) is 9.59 Å². The number of alkyl carbamates (subject to hydrolysis) is 2. The van der Waals surface area contributed by atoms with Gasteiger partial charge in [0.25, 0.3) is 0 Å². The van der Waals surface area contributed by atoms with Crippen LogP contribution in [0.15, 0.2) is 11.7 Å². The molecule has 1 heterocycles. The van der Waals surface area contributed by atoms with Gasteiger partial charge in [-0.2, -0.15) is 0 Å². The number of rotatable bonds is 10. The van der Waals surface area contributed by atoms with Crippen molar-refractivity contribution in [3.63, 3.8) is 0 Å². The molecule has 1 atom stereocenters. The quantitative estimate of drug-likeness (QED) is 0.627. The Labute approximate surface area is 147 Å². The van der Waals surface area contributed by atoms with E-state index in [9.17, 15) is 9.59 Å². The molecule has 8 heteroatoms. The minimum atomic E-state index is -0.446. The summed E-state index contributed by atoms with van der Waals surface area (Å²) in [5.41, 5.74) is 1.69. The zero-order chi connectivity index (χ0) is 17.8. The lowest BCUT2D eigenvalue weighted by Gasteiger charge is -2.15. The van der Waals surface area contributed by atoms with Crippen molar-refractivity contribution in [2.24, 2.45) is 5.92 Å². The van der Waals surface area contributed by atoms with E-state index in [1.165, 1.54) is 11.3 Å². The van der Waals surface area contributed by atoms with E-state index >= 15 is 0 Å². The number of amides is 2. The van der Waals surface area contributed by atoms with Gasteiger partial charge in [0, 0.05) is 19.3 Å². The third-order valence-corrected chi connectivity index (χ3v) is 3.84. The molecule has 0 bridgehead atoms. The fourth-order valence-corrected chi connectivity index (χ4v) is 2.57. The van der Waals surface area contributed by atoms with Gasteiger partial charge in [-0.15, -0.1) is 11.3 Å². The SMILES string of the molecule is CC(C)CC(C)OC(=O)NCCCCNC(=O)OCc1cncs1. The van der Waals surface area contributed by atoms with Gasteiger partial charge in [-0.3, -0.25) is 4.98 Å². The van der Waals surface area contributed by atoms with E-state index in [2.05, 4.69) is 29.5 Å². The van der Waals surface area contributed by atoms with Crippen LogP contribution in [0.2, 0.25) is 0 Å². The Kier molecular flexibility index (Phi) is 9.83. The van der Waals surface area contributed by atoms with Gasteiger partial charge in [-0.05, 0) is 32.1 Å². The molecule has 1 aromatic heterocycles. The largest absolute Gasteiger partial charge is 0.447 e. The molecular weight excluding hydrogens is 330 g/mol. The Morgan fingerprint density at radius 2 is 1.83 bits per heavy atom. The van der Waals surface area contributed by atoms with E-state index in [1.807, 2.05) is 6.92 Å². The molecule has 0 saturated carbocycles. The van der Waals surface area contributed by atoms with Crippen molar-refractivity contribution < 1.29 is 19.1 Å². The van der Waals surface area contributed by atoms with Crippen molar-refractivity contribution in [1.29, 1.82) is 0 Å². The summed E-state index contributed by atoms with van der Waals surface area (Å²) in [4.78, 5) is 27.8. The molecule has 0 spiro atoms. The summed E-state index contributed by atoms with van der Waals surface area (Å²) >= 11 is 1.44. The number of ether oxygens (including phenoxy) is 2. The van der Waals surface area contributed by atoms with E-state index in [1.54, 1.807) is 11.7 Å². The molecular formula is C16H27N3O4S. The first kappa shape index (κ1) is 20.2. The molecule has 2 amide bonds. The van der Waals surface area contributed by atoms with E-state index in [-0.39, 0.29) is 18.8 Å². The highest BCUT2D eigenvalue weighted by Crippen LogP contribution is 2.07. The summed E-state index contributed by atoms with van der Waals surface area (Å²) in [5, 5.41) is 5.37. The van der Waals surface area contributed by atoms with Crippen LogP contribution in [0.5, 0.6) is 0 Å². The summed E-state index contributed by atoms with van der Waals surface area (Å²) in [6.45, 7) is 7.33. The van der Waals surface area contributed by atoms with E-state index in [0.717, 1.165) is 24.1 Å². The fourth-order valence-electron chi connectivity index (χ4n) is 2.07. The maximum absolute atomic E-state index is 11.5. The number of thiazole rings is 1. The van der Waals surface area contributed by atoms with Crippen molar-refractivity contribution in [2.75, 3.05) is 13.1 Å². The maximum Gasteiger partial charge on any atom is 0.407 e. The molecule has 0 aliphatic rings. The summed E-state index contributed by atoms with van der Waals surface area (Å²) in [5.74, 6) is 0.495. The molecule has 0 aliphatic carbocycles. The van der Waals surface area contributed by atoms with Crippen molar-refractivity contribution in [2.45, 2.75) is 52.7 Å². The van der Waals surface area contributed by atoms with Crippen LogP contribution >= 0.6 is 11.3 Å². The van der Waals surface area contributed by atoms with Crippen molar-refractivity contribution >= 4 is 23.5 Å². The normalized spacial score (nSPS) is 11.8. The van der Waals surface area contributed by atoms with Gasteiger partial charge in [0.15, 0.2) is 0 Å². The molecule has 7 nitrogen and oxygen atoms in total. The monoisotopic (exact) mass is 357 g/mol. The number of aromatic nitrogens is 1. The zero-order valence-electron chi connectivity index (χ0n) is 14.5. The number of nitrogens with zero attached hydrogens (tertiary/aromatic N) is 1. The number of nitrogens with one attached hydrogen (secondary N) is 2. The van der Waals surface area contributed by atoms with Gasteiger partial charge in [0.05, 0.1) is 10.4 Å². The van der Waals surface area contributed by atoms with E-state index < -0.39 is 6.09 Å². The van der Waals surface area contributed by atoms with Gasteiger partial charge >= 0.3 is 12.2 Å². The Bertz CT molecular complexity index is 480. The summed E-state index contributed by atoms with van der Waals surface area (Å²) in [6.07, 6.45) is 3.10. The molecule has 0 radical (unpaired) electrons. The first-order valence-corrected chi connectivity index (χ1v) is 9.07. The van der Waals surface area contributed by atoms with Crippen LogP contribution in [0, 0.1) is 5.92 Å². The summed E-state index contributed by atoms with van der Waals surface area (Å²) in [7, 11) is 0. The second kappa shape index (κ2) is 11.7. The number of hydrogen-bond acceptors (Lipinski definition) is 6. The molecule has 2 N–H and O–H groups in total. The van der Waals surface area contributed by atoms with Gasteiger partial charge < -0.3 is 20.1 Å². The molecule has 0 fully saturated rings. The van der Waals surface area contributed by atoms with Gasteiger partial charge in [-0.1, -0.05) is 13.8 Å². The molecule has 1 unspecified atom stereocenters. The highest BCUT2D eigenvalue weighted by molar-refractivity contribution is 7.09. The Balaban J connectivity index is 1.96. The lowest BCUT2D eigenvalue weighted by molar-refractivity contribution is 0.0952. The summed E-state index contributed by atoms with van der Waals surface area (Å²) in [6, 6.07) is 0. The third kappa shape index (κ3) is 10.0.